The minimum Gasteiger partial charge on any atom is -0.504 e. The number of hydrogen-bond donors (Lipinski definition) is 3. The number of nitrogens with one attached hydrogen (secondary N) is 2. The summed E-state index contributed by atoms with van der Waals surface area (Å²) in [5, 5.41) is 15.8. The third kappa shape index (κ3) is 4.81. The lowest BCUT2D eigenvalue weighted by atomic mass is 10.1. The molecule has 0 fully saturated rings. The third-order valence-electron chi connectivity index (χ3n) is 3.42. The topological polar surface area (TPSA) is 100 Å². The van der Waals surface area contributed by atoms with Gasteiger partial charge in [0.2, 0.25) is 0 Å². The molecule has 0 atom stereocenters. The van der Waals surface area contributed by atoms with Crippen molar-refractivity contribution in [3.8, 4) is 11.5 Å². The predicted octanol–water partition coefficient (Wildman–Crippen LogP) is 2.11. The van der Waals surface area contributed by atoms with Gasteiger partial charge < -0.3 is 15.2 Å². The maximum absolute atomic E-state index is 11.9. The molecular formula is C18H19N3O4. The maximum Gasteiger partial charge on any atom is 0.329 e. The Kier molecular flexibility index (Phi) is 5.73. The van der Waals surface area contributed by atoms with Gasteiger partial charge in [0.15, 0.2) is 11.5 Å². The average Bonchev–Trinajstić information content (AvgIpc) is 2.58. The Morgan fingerprint density at radius 2 is 1.88 bits per heavy atom. The minimum atomic E-state index is -0.887. The number of aryl methyl sites for hydroxylation is 2. The van der Waals surface area contributed by atoms with Crippen molar-refractivity contribution in [2.24, 2.45) is 5.10 Å². The Balaban J connectivity index is 1.96. The smallest absolute Gasteiger partial charge is 0.329 e. The second-order valence-corrected chi connectivity index (χ2v) is 5.40. The number of hydrazone groups is 1. The standard InChI is InChI=1S/C18H19N3O4/c1-11-4-6-14(12(2)8-11)20-17(23)18(24)21-19-10-13-5-7-15(22)16(9-13)25-3/h4-10,22H,1-3H3,(H,20,23)(H,21,24). The van der Waals surface area contributed by atoms with Crippen LogP contribution >= 0.6 is 0 Å². The van der Waals surface area contributed by atoms with Gasteiger partial charge in [0.05, 0.1) is 13.3 Å². The number of aromatic hydroxyl groups is 1. The summed E-state index contributed by atoms with van der Waals surface area (Å²) in [5.41, 5.74) is 5.23. The fraction of sp³-hybridized carbons (Fsp3) is 0.167. The van der Waals surface area contributed by atoms with Gasteiger partial charge in [0, 0.05) is 5.69 Å². The Bertz CT molecular complexity index is 831. The van der Waals surface area contributed by atoms with Crippen molar-refractivity contribution >= 4 is 23.7 Å². The van der Waals surface area contributed by atoms with Crippen molar-refractivity contribution in [2.45, 2.75) is 13.8 Å². The number of amides is 2. The van der Waals surface area contributed by atoms with Crippen molar-refractivity contribution in [1.82, 2.24) is 5.43 Å². The highest BCUT2D eigenvalue weighted by molar-refractivity contribution is 6.39. The van der Waals surface area contributed by atoms with Crippen LogP contribution in [0.4, 0.5) is 5.69 Å². The van der Waals surface area contributed by atoms with Crippen LogP contribution in [0.3, 0.4) is 0 Å². The molecule has 0 saturated heterocycles. The second kappa shape index (κ2) is 7.96. The highest BCUT2D eigenvalue weighted by Gasteiger charge is 2.13. The van der Waals surface area contributed by atoms with Crippen LogP contribution in [0.1, 0.15) is 16.7 Å². The van der Waals surface area contributed by atoms with E-state index in [0.717, 1.165) is 11.1 Å². The Morgan fingerprint density at radius 3 is 2.56 bits per heavy atom. The fourth-order valence-electron chi connectivity index (χ4n) is 2.12. The van der Waals surface area contributed by atoms with E-state index in [1.54, 1.807) is 18.2 Å². The summed E-state index contributed by atoms with van der Waals surface area (Å²) in [6, 6.07) is 10.1. The quantitative estimate of drug-likeness (QED) is 0.450. The van der Waals surface area contributed by atoms with Crippen molar-refractivity contribution in [1.29, 1.82) is 0 Å². The summed E-state index contributed by atoms with van der Waals surface area (Å²) in [7, 11) is 1.43. The van der Waals surface area contributed by atoms with Crippen LogP contribution in [-0.2, 0) is 9.59 Å². The van der Waals surface area contributed by atoms with Gasteiger partial charge in [-0.15, -0.1) is 0 Å². The molecule has 7 nitrogen and oxygen atoms in total. The van der Waals surface area contributed by atoms with Crippen molar-refractivity contribution in [2.75, 3.05) is 12.4 Å². The van der Waals surface area contributed by atoms with Crippen LogP contribution in [0.15, 0.2) is 41.5 Å². The molecule has 7 heteroatoms. The lowest BCUT2D eigenvalue weighted by Gasteiger charge is -2.08. The van der Waals surface area contributed by atoms with Gasteiger partial charge in [-0.2, -0.15) is 5.10 Å². The number of carbonyl (C=O) groups excluding carboxylic acids is 2. The van der Waals surface area contributed by atoms with E-state index < -0.39 is 11.8 Å². The van der Waals surface area contributed by atoms with E-state index in [9.17, 15) is 14.7 Å². The highest BCUT2D eigenvalue weighted by Crippen LogP contribution is 2.25. The summed E-state index contributed by atoms with van der Waals surface area (Å²) < 4.78 is 4.97. The van der Waals surface area contributed by atoms with Crippen LogP contribution in [0.25, 0.3) is 0 Å². The van der Waals surface area contributed by atoms with Gasteiger partial charge in [-0.3, -0.25) is 9.59 Å². The van der Waals surface area contributed by atoms with Gasteiger partial charge in [0.25, 0.3) is 0 Å². The molecule has 2 aromatic rings. The molecule has 0 aliphatic carbocycles. The number of rotatable bonds is 4. The zero-order valence-corrected chi connectivity index (χ0v) is 14.2. The number of ether oxygens (including phenoxy) is 1. The van der Waals surface area contributed by atoms with Crippen LogP contribution in [0.5, 0.6) is 11.5 Å². The molecule has 2 amide bonds. The number of benzene rings is 2. The number of carbonyl (C=O) groups is 2. The molecule has 0 aromatic heterocycles. The molecule has 0 aliphatic rings. The molecule has 0 unspecified atom stereocenters. The van der Waals surface area contributed by atoms with Crippen molar-refractivity contribution in [3.05, 3.63) is 53.1 Å². The zero-order chi connectivity index (χ0) is 18.4. The van der Waals surface area contributed by atoms with Gasteiger partial charge in [0.1, 0.15) is 0 Å². The van der Waals surface area contributed by atoms with E-state index in [1.807, 2.05) is 26.0 Å². The van der Waals surface area contributed by atoms with Gasteiger partial charge in [-0.1, -0.05) is 17.7 Å². The molecule has 0 aliphatic heterocycles. The molecular weight excluding hydrogens is 322 g/mol. The van der Waals surface area contributed by atoms with E-state index in [0.29, 0.717) is 11.3 Å². The summed E-state index contributed by atoms with van der Waals surface area (Å²) in [5.74, 6) is -1.42. The van der Waals surface area contributed by atoms with Crippen molar-refractivity contribution < 1.29 is 19.4 Å². The highest BCUT2D eigenvalue weighted by atomic mass is 16.5. The summed E-state index contributed by atoms with van der Waals surface area (Å²) >= 11 is 0. The van der Waals surface area contributed by atoms with E-state index in [2.05, 4.69) is 15.8 Å². The average molecular weight is 341 g/mol. The number of nitrogens with zero attached hydrogens (tertiary/aromatic N) is 1. The predicted molar refractivity (Wildman–Crippen MR) is 94.9 cm³/mol. The van der Waals surface area contributed by atoms with Crippen LogP contribution in [0.2, 0.25) is 0 Å². The molecule has 0 saturated carbocycles. The Hall–Kier alpha value is -3.35. The first-order valence-electron chi connectivity index (χ1n) is 7.49. The number of anilines is 1. The third-order valence-corrected chi connectivity index (χ3v) is 3.42. The number of phenolic OH excluding ortho intramolecular Hbond substituents is 1. The molecule has 130 valence electrons. The SMILES string of the molecule is COc1cc(C=NNC(=O)C(=O)Nc2ccc(C)cc2C)ccc1O. The van der Waals surface area contributed by atoms with E-state index in [1.165, 1.54) is 19.4 Å². The van der Waals surface area contributed by atoms with Crippen LogP contribution in [0, 0.1) is 13.8 Å². The number of phenols is 1. The normalized spacial score (nSPS) is 10.5. The fourth-order valence-corrected chi connectivity index (χ4v) is 2.12. The summed E-state index contributed by atoms with van der Waals surface area (Å²) in [6.45, 7) is 3.79. The number of methoxy groups -OCH3 is 1. The minimum absolute atomic E-state index is 0.00321. The molecule has 0 heterocycles. The Morgan fingerprint density at radius 1 is 1.12 bits per heavy atom. The molecule has 0 radical (unpaired) electrons. The first-order valence-corrected chi connectivity index (χ1v) is 7.49. The summed E-state index contributed by atoms with van der Waals surface area (Å²) in [6.07, 6.45) is 1.34. The lowest BCUT2D eigenvalue weighted by molar-refractivity contribution is -0.136. The van der Waals surface area contributed by atoms with Crippen LogP contribution < -0.4 is 15.5 Å². The first-order chi connectivity index (χ1) is 11.9. The molecule has 2 aromatic carbocycles. The van der Waals surface area contributed by atoms with Gasteiger partial charge in [-0.05, 0) is 49.2 Å². The number of hydrogen-bond acceptors (Lipinski definition) is 5. The molecule has 3 N–H and O–H groups in total. The van der Waals surface area contributed by atoms with Gasteiger partial charge in [-0.25, -0.2) is 5.43 Å². The van der Waals surface area contributed by atoms with Crippen LogP contribution in [-0.4, -0.2) is 30.2 Å². The van der Waals surface area contributed by atoms with Crippen molar-refractivity contribution in [3.63, 3.8) is 0 Å². The van der Waals surface area contributed by atoms with Gasteiger partial charge >= 0.3 is 11.8 Å². The lowest BCUT2D eigenvalue weighted by Crippen LogP contribution is -2.32. The molecule has 25 heavy (non-hydrogen) atoms. The van der Waals surface area contributed by atoms with E-state index in [-0.39, 0.29) is 11.5 Å². The molecule has 0 spiro atoms. The Labute approximate surface area is 145 Å². The first kappa shape index (κ1) is 18.0. The second-order valence-electron chi connectivity index (χ2n) is 5.40. The maximum atomic E-state index is 11.9. The van der Waals surface area contributed by atoms with E-state index in [4.69, 9.17) is 4.74 Å². The summed E-state index contributed by atoms with van der Waals surface area (Å²) in [4.78, 5) is 23.7. The molecule has 2 rings (SSSR count). The molecule has 0 bridgehead atoms. The largest absolute Gasteiger partial charge is 0.504 e. The monoisotopic (exact) mass is 341 g/mol. The van der Waals surface area contributed by atoms with E-state index >= 15 is 0 Å². The zero-order valence-electron chi connectivity index (χ0n) is 14.2.